The summed E-state index contributed by atoms with van der Waals surface area (Å²) in [6, 6.07) is 0. The van der Waals surface area contributed by atoms with Crippen molar-refractivity contribution in [1.82, 2.24) is 0 Å². The van der Waals surface area contributed by atoms with Crippen LogP contribution in [0.25, 0.3) is 0 Å². The molecule has 28 heavy (non-hydrogen) atoms. The second kappa shape index (κ2) is 5.80. The van der Waals surface area contributed by atoms with E-state index in [1.807, 2.05) is 0 Å². The Balaban J connectivity index is 1.88. The van der Waals surface area contributed by atoms with Gasteiger partial charge >= 0.3 is 0 Å². The maximum Gasteiger partial charge on any atom is 0.190 e. The Bertz CT molecular complexity index is 885. The van der Waals surface area contributed by atoms with Gasteiger partial charge in [-0.3, -0.25) is 14.4 Å². The Labute approximate surface area is 163 Å². The van der Waals surface area contributed by atoms with Gasteiger partial charge in [0.25, 0.3) is 0 Å². The minimum atomic E-state index is -1.83. The van der Waals surface area contributed by atoms with Gasteiger partial charge < -0.3 is 10.2 Å². The van der Waals surface area contributed by atoms with Crippen LogP contribution >= 0.6 is 0 Å². The van der Waals surface area contributed by atoms with E-state index in [4.69, 9.17) is 0 Å². The number of halogens is 1. The van der Waals surface area contributed by atoms with Crippen molar-refractivity contribution in [3.8, 4) is 0 Å². The number of hydrogen-bond donors (Lipinski definition) is 2. The number of rotatable bonds is 2. The molecule has 0 unspecified atom stereocenters. The predicted octanol–water partition coefficient (Wildman–Crippen LogP) is 2.09. The molecule has 0 aromatic rings. The summed E-state index contributed by atoms with van der Waals surface area (Å²) in [6.45, 7) is 4.43. The van der Waals surface area contributed by atoms with Crippen LogP contribution < -0.4 is 0 Å². The van der Waals surface area contributed by atoms with E-state index in [0.717, 1.165) is 0 Å². The van der Waals surface area contributed by atoms with Crippen molar-refractivity contribution >= 4 is 17.3 Å². The van der Waals surface area contributed by atoms with Crippen LogP contribution in [0.15, 0.2) is 35.7 Å². The van der Waals surface area contributed by atoms with Gasteiger partial charge in [-0.25, -0.2) is 4.39 Å². The summed E-state index contributed by atoms with van der Waals surface area (Å²) < 4.78 is 15.1. The Morgan fingerprint density at radius 1 is 1.32 bits per heavy atom. The van der Waals surface area contributed by atoms with Crippen LogP contribution in [0, 0.1) is 34.5 Å². The topological polar surface area (TPSA) is 91.7 Å². The smallest absolute Gasteiger partial charge is 0.190 e. The van der Waals surface area contributed by atoms with Gasteiger partial charge in [-0.1, -0.05) is 26.8 Å². The van der Waals surface area contributed by atoms with E-state index in [2.05, 4.69) is 0 Å². The number of carbonyl (C=O) groups excluding carboxylic acids is 3. The highest BCUT2D eigenvalue weighted by Gasteiger charge is 2.70. The van der Waals surface area contributed by atoms with Gasteiger partial charge in [-0.05, 0) is 42.4 Å². The third kappa shape index (κ3) is 2.10. The largest absolute Gasteiger partial charge is 0.388 e. The fraction of sp³-hybridized carbons (Fsp3) is 0.591. The zero-order valence-electron chi connectivity index (χ0n) is 16.2. The molecule has 0 aromatic heterocycles. The summed E-state index contributed by atoms with van der Waals surface area (Å²) in [7, 11) is 0. The first-order chi connectivity index (χ1) is 13.0. The molecule has 0 aromatic carbocycles. The molecular formula is C22H25FO5. The molecule has 150 valence electrons. The van der Waals surface area contributed by atoms with Gasteiger partial charge in [-0.15, -0.1) is 0 Å². The molecule has 4 aliphatic carbocycles. The Kier molecular flexibility index (Phi) is 4.02. The maximum absolute atomic E-state index is 15.1. The molecule has 6 heteroatoms. The van der Waals surface area contributed by atoms with Crippen LogP contribution in [-0.4, -0.2) is 39.8 Å². The number of allylic oxidation sites excluding steroid dienone is 6. The van der Waals surface area contributed by atoms with Crippen LogP contribution in [0.1, 0.15) is 33.6 Å². The van der Waals surface area contributed by atoms with Gasteiger partial charge in [0.1, 0.15) is 23.8 Å². The van der Waals surface area contributed by atoms with Crippen LogP contribution in [0.2, 0.25) is 0 Å². The van der Waals surface area contributed by atoms with Crippen molar-refractivity contribution in [2.75, 3.05) is 6.61 Å². The average molecular weight is 388 g/mol. The van der Waals surface area contributed by atoms with Gasteiger partial charge in [0, 0.05) is 28.7 Å². The third-order valence-electron chi connectivity index (χ3n) is 8.02. The van der Waals surface area contributed by atoms with Gasteiger partial charge in [0.15, 0.2) is 11.6 Å². The summed E-state index contributed by atoms with van der Waals surface area (Å²) in [5.41, 5.74) is -3.61. The van der Waals surface area contributed by atoms with Crippen molar-refractivity contribution in [3.05, 3.63) is 35.7 Å². The SMILES string of the molecule is C[C@@H]1C[C@H]2[C@@H]3C=C(F)C4=CC(=O)C=C[C@]4(C)[C@H]3C(=O)C[C@]2(C)[C@@]1(O)C(=O)CO. The van der Waals surface area contributed by atoms with Gasteiger partial charge in [-0.2, -0.15) is 0 Å². The second-order valence-electron chi connectivity index (χ2n) is 9.30. The molecule has 0 bridgehead atoms. The first-order valence-electron chi connectivity index (χ1n) is 9.73. The van der Waals surface area contributed by atoms with Crippen LogP contribution in [0.5, 0.6) is 0 Å². The minimum absolute atomic E-state index is 0.0223. The lowest BCUT2D eigenvalue weighted by molar-refractivity contribution is -0.170. The summed E-state index contributed by atoms with van der Waals surface area (Å²) in [4.78, 5) is 37.6. The van der Waals surface area contributed by atoms with E-state index in [1.54, 1.807) is 26.8 Å². The highest BCUT2D eigenvalue weighted by atomic mass is 19.1. The summed E-state index contributed by atoms with van der Waals surface area (Å²) in [5.74, 6) is -3.47. The number of fused-ring (bicyclic) bond motifs is 5. The molecule has 0 spiro atoms. The number of Topliss-reactive ketones (excluding diaryl/α,β-unsaturated/α-hetero) is 2. The quantitative estimate of drug-likeness (QED) is 0.756. The highest BCUT2D eigenvalue weighted by Crippen LogP contribution is 2.66. The second-order valence-corrected chi connectivity index (χ2v) is 9.30. The van der Waals surface area contributed by atoms with Crippen LogP contribution in [0.3, 0.4) is 0 Å². The number of hydrogen-bond acceptors (Lipinski definition) is 5. The fourth-order valence-corrected chi connectivity index (χ4v) is 6.63. The Morgan fingerprint density at radius 3 is 2.64 bits per heavy atom. The highest BCUT2D eigenvalue weighted by molar-refractivity contribution is 6.02. The molecule has 0 amide bonds. The Hall–Kier alpha value is -1.92. The number of aliphatic hydroxyl groups is 2. The average Bonchev–Trinajstić information content (AvgIpc) is 2.83. The lowest BCUT2D eigenvalue weighted by atomic mass is 9.48. The van der Waals surface area contributed by atoms with Crippen LogP contribution in [0.4, 0.5) is 4.39 Å². The molecule has 2 N–H and O–H groups in total. The summed E-state index contributed by atoms with van der Waals surface area (Å²) >= 11 is 0. The molecule has 7 atom stereocenters. The number of carbonyl (C=O) groups is 3. The predicted molar refractivity (Wildman–Crippen MR) is 98.6 cm³/mol. The zero-order chi connectivity index (χ0) is 20.6. The fourth-order valence-electron chi connectivity index (χ4n) is 6.63. The van der Waals surface area contributed by atoms with Crippen molar-refractivity contribution in [2.45, 2.75) is 39.2 Å². The lowest BCUT2D eigenvalue weighted by Gasteiger charge is -2.55. The molecule has 2 fully saturated rings. The summed E-state index contributed by atoms with van der Waals surface area (Å²) in [5, 5.41) is 20.8. The van der Waals surface area contributed by atoms with Crippen molar-refractivity contribution in [3.63, 3.8) is 0 Å². The standard InChI is InChI=1S/C22H25FO5/c1-11-6-14-13-8-16(23)15-7-12(25)4-5-20(15,2)19(13)17(26)9-21(14,3)22(11,28)18(27)10-24/h4-5,7-8,11,13-14,19,24,28H,6,9-10H2,1-3H3/t11-,13+,14+,19-,20+,21+,22+/m1/s1. The first kappa shape index (κ1) is 19.4. The Morgan fingerprint density at radius 2 is 2.00 bits per heavy atom. The first-order valence-corrected chi connectivity index (χ1v) is 9.73. The molecule has 0 saturated heterocycles. The van der Waals surface area contributed by atoms with Crippen molar-refractivity contribution < 1.29 is 29.0 Å². The molecule has 4 aliphatic rings. The van der Waals surface area contributed by atoms with Gasteiger partial charge in [0.05, 0.1) is 0 Å². The van der Waals surface area contributed by atoms with Crippen molar-refractivity contribution in [2.24, 2.45) is 34.5 Å². The van der Waals surface area contributed by atoms with E-state index in [-0.39, 0.29) is 29.5 Å². The molecule has 2 saturated carbocycles. The van der Waals surface area contributed by atoms with Gasteiger partial charge in [0.2, 0.25) is 0 Å². The maximum atomic E-state index is 15.1. The van der Waals surface area contributed by atoms with E-state index < -0.39 is 52.4 Å². The zero-order valence-corrected chi connectivity index (χ0v) is 16.2. The van der Waals surface area contributed by atoms with E-state index in [0.29, 0.717) is 6.42 Å². The summed E-state index contributed by atoms with van der Waals surface area (Å²) in [6.07, 6.45) is 6.10. The molecule has 0 heterocycles. The number of ketones is 3. The monoisotopic (exact) mass is 388 g/mol. The number of aliphatic hydroxyl groups excluding tert-OH is 1. The molecule has 5 nitrogen and oxygen atoms in total. The normalized spacial score (nSPS) is 47.1. The third-order valence-corrected chi connectivity index (χ3v) is 8.02. The molecule has 4 rings (SSSR count). The lowest BCUT2D eigenvalue weighted by Crippen LogP contribution is -2.61. The van der Waals surface area contributed by atoms with E-state index in [9.17, 15) is 24.6 Å². The minimum Gasteiger partial charge on any atom is -0.388 e. The van der Waals surface area contributed by atoms with E-state index in [1.165, 1.54) is 18.2 Å². The van der Waals surface area contributed by atoms with E-state index >= 15 is 4.39 Å². The molecule has 0 radical (unpaired) electrons. The van der Waals surface area contributed by atoms with Crippen molar-refractivity contribution in [1.29, 1.82) is 0 Å². The molecular weight excluding hydrogens is 363 g/mol. The van der Waals surface area contributed by atoms with Crippen LogP contribution in [-0.2, 0) is 14.4 Å². The molecule has 0 aliphatic heterocycles.